The third-order valence-corrected chi connectivity index (χ3v) is 26.8. The first kappa shape index (κ1) is 96.7. The van der Waals surface area contributed by atoms with Gasteiger partial charge in [-0.15, -0.1) is 0 Å². The Morgan fingerprint density at radius 1 is 0.549 bits per heavy atom. The number of fused-ring (bicyclic) bond motifs is 5. The summed E-state index contributed by atoms with van der Waals surface area (Å²) in [6.45, 7) is 13.1. The summed E-state index contributed by atoms with van der Waals surface area (Å²) in [4.78, 5) is 93.3. The molecule has 11 rings (SSSR count). The molecule has 10 aliphatic rings. The van der Waals surface area contributed by atoms with E-state index in [9.17, 15) is 110 Å². The predicted molar refractivity (Wildman–Crippen MR) is 418 cm³/mol. The Morgan fingerprint density at radius 2 is 1.04 bits per heavy atom. The lowest BCUT2D eigenvalue weighted by Crippen LogP contribution is -2.71. The molecule has 0 spiro atoms. The molecule has 36 unspecified atom stereocenters. The van der Waals surface area contributed by atoms with Crippen molar-refractivity contribution in [3.05, 3.63) is 35.9 Å². The van der Waals surface area contributed by atoms with Gasteiger partial charge in [-0.1, -0.05) is 77.7 Å². The Morgan fingerprint density at radius 3 is 1.56 bits per heavy atom. The number of hydrogen-bond acceptors (Lipinski definition) is 34. The maximum Gasteiger partial charge on any atom is 0.488 e. The molecule has 1 aromatic rings. The lowest BCUT2D eigenvalue weighted by atomic mass is 9.47. The van der Waals surface area contributed by atoms with E-state index in [1.165, 1.54) is 75.6 Å². The van der Waals surface area contributed by atoms with Gasteiger partial charge in [0, 0.05) is 53.1 Å². The summed E-state index contributed by atoms with van der Waals surface area (Å²) >= 11 is 0. The molecule has 38 atom stereocenters. The van der Waals surface area contributed by atoms with Crippen molar-refractivity contribution in [1.82, 2.24) is 26.6 Å². The average molecular weight is 1740 g/mol. The molecule has 3 saturated carbocycles. The number of ether oxygens (including phenoxy) is 13. The number of aliphatic carboxylic acids is 1. The summed E-state index contributed by atoms with van der Waals surface area (Å²) in [6, 6.07) is -0.132. The van der Waals surface area contributed by atoms with E-state index in [0.29, 0.717) is 47.8 Å². The van der Waals surface area contributed by atoms with Crippen LogP contribution in [0.25, 0.3) is 0 Å². The molecule has 41 nitrogen and oxygen atoms in total. The summed E-state index contributed by atoms with van der Waals surface area (Å²) in [5.74, 6) is -2.55. The van der Waals surface area contributed by atoms with Crippen molar-refractivity contribution in [1.29, 1.82) is 0 Å². The highest BCUT2D eigenvalue weighted by molar-refractivity contribution is 6.58. The van der Waals surface area contributed by atoms with Crippen LogP contribution in [-0.2, 0) is 90.3 Å². The minimum atomic E-state index is -2.47. The lowest BCUT2D eigenvalue weighted by molar-refractivity contribution is -0.377. The summed E-state index contributed by atoms with van der Waals surface area (Å²) in [7, 11) is -0.963. The molecule has 0 radical (unpaired) electrons. The van der Waals surface area contributed by atoms with E-state index < -0.39 is 252 Å². The van der Waals surface area contributed by atoms with Crippen LogP contribution in [-0.4, -0.2) is 355 Å². The number of nitrogens with one attached hydrogen (secondary N) is 6. The number of amides is 6. The van der Waals surface area contributed by atoms with Crippen molar-refractivity contribution in [3.63, 3.8) is 0 Å². The first-order chi connectivity index (χ1) is 57.8. The molecule has 0 bridgehead atoms. The van der Waals surface area contributed by atoms with Gasteiger partial charge in [-0.3, -0.25) is 24.0 Å². The maximum absolute atomic E-state index is 14.8. The molecule has 21 N–H and O–H groups in total. The largest absolute Gasteiger partial charge is 0.488 e. The van der Waals surface area contributed by atoms with Gasteiger partial charge in [0.25, 0.3) is 11.8 Å². The number of aliphatic hydroxyl groups excluding tert-OH is 12. The first-order valence-corrected chi connectivity index (χ1v) is 42.2. The topological polar surface area (TPSA) is 615 Å². The summed E-state index contributed by atoms with van der Waals surface area (Å²) in [5, 5.41) is 184. The highest BCUT2D eigenvalue weighted by atomic mass is 16.8. The second-order valence-electron chi connectivity index (χ2n) is 35.2. The number of carbonyl (C=O) groups is 7. The van der Waals surface area contributed by atoms with Gasteiger partial charge in [0.2, 0.25) is 17.7 Å². The maximum atomic E-state index is 14.8. The van der Waals surface area contributed by atoms with Crippen LogP contribution >= 0.6 is 0 Å². The molecular formula is C80H125BN6O35. The molecule has 1 aromatic carbocycles. The van der Waals surface area contributed by atoms with E-state index >= 15 is 0 Å². The molecule has 6 saturated heterocycles. The van der Waals surface area contributed by atoms with Crippen molar-refractivity contribution in [3.8, 4) is 0 Å². The Labute approximate surface area is 705 Å². The number of carboxylic acids is 1. The standard InChI is InChI=1S/C80H125BN6O35/c1-32(2)13-11-14-33(3)43-19-20-44-42-18-17-38-27-41(21-23-79(38,8)45(42)22-24-80(43,44)9)112-78(107)83-26-25-82-70(103)67-64(110-10)55(97)58(100)75(120-67)116-62-47(30-89)113-73(50(53(62)95)85-36(6)92)118-65-56(98)59(101)76(121-68(65)71(104)87-40-16-12-15-39(28-40)81(108)109)117-63-48(31-90)114-74(51(54(63)96)86-37(7)93)119-66-57(99)60(102)77(122-69(66)72(105)106)115-61-46(29-88)111-34(4)49(52(61)94)84-35(5)91/h12,15-17,28,32-34,41-69,73-77,88-90,94-102,108-109H,11,13-14,18-27,29-31H2,1-10H3,(H,82,103)(H,83,107)(H,84,91)(H,85,92)(H,86,93)(H,87,104)(H,105,106)/t33?,34?,41?,42?,43?,44?,45?,46?,47?,48?,49?,50?,51?,52?,53?,54?,55?,56?,57?,58?,59?,60?,61?,62?,63?,64?,65?,66?,67?,68?,69?,73?,74?,75?,76?,77?,79-,80+/m1/s1. The van der Waals surface area contributed by atoms with Crippen molar-refractivity contribution in [2.24, 2.45) is 46.3 Å². The minimum absolute atomic E-state index is 0.0157. The number of benzene rings is 1. The Bertz CT molecular complexity index is 3750. The highest BCUT2D eigenvalue weighted by Gasteiger charge is 2.63. The number of anilines is 1. The molecule has 122 heavy (non-hydrogen) atoms. The summed E-state index contributed by atoms with van der Waals surface area (Å²) in [5.41, 5.74) is 1.38. The number of carbonyl (C=O) groups excluding carboxylic acids is 6. The number of rotatable bonds is 31. The van der Waals surface area contributed by atoms with Gasteiger partial charge in [0.05, 0.1) is 32.0 Å². The van der Waals surface area contributed by atoms with Crippen molar-refractivity contribution in [2.75, 3.05) is 45.3 Å². The summed E-state index contributed by atoms with van der Waals surface area (Å²) < 4.78 is 76.9. The van der Waals surface area contributed by atoms with Gasteiger partial charge in [-0.25, -0.2) is 9.59 Å². The van der Waals surface area contributed by atoms with Crippen LogP contribution < -0.4 is 37.4 Å². The molecule has 42 heteroatoms. The van der Waals surface area contributed by atoms with Crippen molar-refractivity contribution < 1.29 is 172 Å². The zero-order chi connectivity index (χ0) is 89.0. The van der Waals surface area contributed by atoms with Crippen LogP contribution in [0.4, 0.5) is 10.5 Å². The summed E-state index contributed by atoms with van der Waals surface area (Å²) in [6.07, 6.45) is -41.6. The number of methoxy groups -OCH3 is 1. The van der Waals surface area contributed by atoms with E-state index in [2.05, 4.69) is 72.6 Å². The molecule has 4 aliphatic carbocycles. The van der Waals surface area contributed by atoms with Gasteiger partial charge < -0.3 is 170 Å². The normalized spacial score (nSPS) is 42.3. The van der Waals surface area contributed by atoms with Crippen LogP contribution in [0.15, 0.2) is 35.9 Å². The van der Waals surface area contributed by atoms with Crippen LogP contribution in [0.2, 0.25) is 0 Å². The van der Waals surface area contributed by atoms with Crippen LogP contribution in [0.5, 0.6) is 0 Å². The highest BCUT2D eigenvalue weighted by Crippen LogP contribution is 2.67. The van der Waals surface area contributed by atoms with Gasteiger partial charge >= 0.3 is 19.2 Å². The van der Waals surface area contributed by atoms with Gasteiger partial charge in [0.15, 0.2) is 49.8 Å². The first-order valence-electron chi connectivity index (χ1n) is 42.2. The molecule has 688 valence electrons. The van der Waals surface area contributed by atoms with E-state index in [4.69, 9.17) is 61.6 Å². The fourth-order valence-electron chi connectivity index (χ4n) is 20.6. The fourth-order valence-corrected chi connectivity index (χ4v) is 20.6. The van der Waals surface area contributed by atoms with Gasteiger partial charge in [-0.2, -0.15) is 0 Å². The lowest BCUT2D eigenvalue weighted by Gasteiger charge is -2.58. The molecule has 6 amide bonds. The Hall–Kier alpha value is -5.93. The molecule has 0 aromatic heterocycles. The van der Waals surface area contributed by atoms with Crippen molar-refractivity contribution >= 4 is 59.9 Å². The van der Waals surface area contributed by atoms with E-state index in [1.54, 1.807) is 0 Å². The molecular weight excluding hydrogens is 1620 g/mol. The molecule has 9 fully saturated rings. The third kappa shape index (κ3) is 21.1. The number of alkyl carbamates (subject to hydrolysis) is 1. The van der Waals surface area contributed by atoms with E-state index in [1.807, 2.05) is 0 Å². The second kappa shape index (κ2) is 41.4. The van der Waals surface area contributed by atoms with Crippen LogP contribution in [0, 0.1) is 46.3 Å². The van der Waals surface area contributed by atoms with Crippen LogP contribution in [0.3, 0.4) is 0 Å². The van der Waals surface area contributed by atoms with Crippen molar-refractivity contribution in [2.45, 2.75) is 323 Å². The average Bonchev–Trinajstić information content (AvgIpc) is 1.37. The Kier molecular flexibility index (Phi) is 32.9. The third-order valence-electron chi connectivity index (χ3n) is 26.8. The SMILES string of the molecule is COC1C(C(=O)NCCNC(=O)OC2CC[C@]3(C)C(=CCC4C5CCC(C(C)CCCC(C)C)[C@]5(C)CCC43)C2)OC(OC2C(CO)OC(OC3C(C(=O)Nc4cccc(B(O)O)c4)OC(OC4C(CO)OC(OC5C(C(=O)O)OC(OC6C(CO)OC(C)C(NC(C)=O)C6O)C(O)C5O)C(NC(C)=O)C4O)C(O)C3O)C(NC(C)=O)C2O)C(O)C1O. The Balaban J connectivity index is 0.736. The monoisotopic (exact) mass is 1740 g/mol. The quantitative estimate of drug-likeness (QED) is 0.0188. The number of aliphatic hydroxyl groups is 12. The zero-order valence-electron chi connectivity index (χ0n) is 70.0. The number of allylic oxidation sites excluding steroid dienone is 1. The zero-order valence-corrected chi connectivity index (χ0v) is 70.0. The van der Waals surface area contributed by atoms with Crippen LogP contribution in [0.1, 0.15) is 133 Å². The van der Waals surface area contributed by atoms with Gasteiger partial charge in [-0.05, 0) is 116 Å². The van der Waals surface area contributed by atoms with Gasteiger partial charge in [0.1, 0.15) is 128 Å². The fraction of sp³-hybridized carbons (Fsp3) is 0.812. The molecule has 6 heterocycles. The van der Waals surface area contributed by atoms with E-state index in [-0.39, 0.29) is 35.8 Å². The number of carboxylic acid groups (broad SMARTS) is 1. The molecule has 6 aliphatic heterocycles. The number of hydrogen-bond donors (Lipinski definition) is 21. The minimum Gasteiger partial charge on any atom is -0.479 e. The smallest absolute Gasteiger partial charge is 0.479 e. The second-order valence-corrected chi connectivity index (χ2v) is 35.2. The predicted octanol–water partition coefficient (Wildman–Crippen LogP) is -5.27. The van der Waals surface area contributed by atoms with E-state index in [0.717, 1.165) is 52.7 Å².